The molecular formula is C21H19ClF5NO3S. The van der Waals surface area contributed by atoms with Gasteiger partial charge in [0, 0.05) is 28.0 Å². The van der Waals surface area contributed by atoms with E-state index in [1.165, 1.54) is 0 Å². The Labute approximate surface area is 186 Å². The number of alkyl halides is 3. The van der Waals surface area contributed by atoms with Crippen LogP contribution < -0.4 is 9.46 Å². The van der Waals surface area contributed by atoms with E-state index in [4.69, 9.17) is 16.3 Å². The summed E-state index contributed by atoms with van der Waals surface area (Å²) in [4.78, 5) is 0. The van der Waals surface area contributed by atoms with Crippen molar-refractivity contribution >= 4 is 21.6 Å². The smallest absolute Gasteiger partial charge is 0.490 e. The van der Waals surface area contributed by atoms with Gasteiger partial charge in [0.25, 0.3) is 0 Å². The molecule has 0 saturated heterocycles. The fraction of sp³-hybridized carbons (Fsp3) is 0.429. The molecule has 0 bridgehead atoms. The van der Waals surface area contributed by atoms with E-state index in [1.54, 1.807) is 29.0 Å². The highest BCUT2D eigenvalue weighted by atomic mass is 35.5. The van der Waals surface area contributed by atoms with Crippen LogP contribution in [0, 0.1) is 17.6 Å². The molecule has 1 heterocycles. The summed E-state index contributed by atoms with van der Waals surface area (Å²) in [5.41, 5.74) is -5.59. The summed E-state index contributed by atoms with van der Waals surface area (Å²) in [6.07, 6.45) is 0.416. The molecule has 0 amide bonds. The van der Waals surface area contributed by atoms with Crippen LogP contribution in [0.25, 0.3) is 0 Å². The second-order valence-corrected chi connectivity index (χ2v) is 10.4. The lowest BCUT2D eigenvalue weighted by Gasteiger charge is -2.50. The normalized spacial score (nSPS) is 25.6. The lowest BCUT2D eigenvalue weighted by molar-refractivity contribution is -0.0455. The third-order valence-electron chi connectivity index (χ3n) is 6.33. The minimum atomic E-state index is -5.53. The van der Waals surface area contributed by atoms with Crippen molar-refractivity contribution in [3.8, 4) is 5.75 Å². The highest BCUT2D eigenvalue weighted by molar-refractivity contribution is 7.90. The Morgan fingerprint density at radius 3 is 2.41 bits per heavy atom. The lowest BCUT2D eigenvalue weighted by Crippen LogP contribution is -2.54. The van der Waals surface area contributed by atoms with Crippen LogP contribution in [0.4, 0.5) is 22.0 Å². The SMILES string of the molecule is O=S(=O)(N[C@@H]1CC[C@@]2(Cc3ccc(Cl)cc3)c3c(F)ccc(F)c3OC[C@H]2C1)C(F)(F)F. The molecule has 0 radical (unpaired) electrons. The van der Waals surface area contributed by atoms with E-state index in [-0.39, 0.29) is 43.6 Å². The summed E-state index contributed by atoms with van der Waals surface area (Å²) in [6.45, 7) is -0.0782. The van der Waals surface area contributed by atoms with Gasteiger partial charge >= 0.3 is 15.5 Å². The largest absolute Gasteiger partial charge is 0.511 e. The molecule has 11 heteroatoms. The Morgan fingerprint density at radius 1 is 1.09 bits per heavy atom. The maximum absolute atomic E-state index is 15.0. The minimum Gasteiger partial charge on any atom is -0.490 e. The first-order valence-corrected chi connectivity index (χ1v) is 11.7. The highest BCUT2D eigenvalue weighted by Crippen LogP contribution is 2.53. The van der Waals surface area contributed by atoms with E-state index in [1.807, 2.05) is 0 Å². The van der Waals surface area contributed by atoms with Crippen LogP contribution in [0.3, 0.4) is 0 Å². The predicted molar refractivity (Wildman–Crippen MR) is 108 cm³/mol. The molecule has 0 spiro atoms. The van der Waals surface area contributed by atoms with Gasteiger partial charge in [0.2, 0.25) is 0 Å². The van der Waals surface area contributed by atoms with Gasteiger partial charge in [-0.3, -0.25) is 0 Å². The molecular weight excluding hydrogens is 477 g/mol. The average Bonchev–Trinajstić information content (AvgIpc) is 2.71. The van der Waals surface area contributed by atoms with Gasteiger partial charge in [-0.15, -0.1) is 0 Å². The fourth-order valence-corrected chi connectivity index (χ4v) is 5.80. The minimum absolute atomic E-state index is 0.0156. The molecule has 3 atom stereocenters. The van der Waals surface area contributed by atoms with E-state index < -0.39 is 44.5 Å². The molecule has 32 heavy (non-hydrogen) atoms. The summed E-state index contributed by atoms with van der Waals surface area (Å²) in [6, 6.07) is 7.78. The van der Waals surface area contributed by atoms with E-state index >= 15 is 4.39 Å². The second kappa shape index (κ2) is 8.14. The number of sulfonamides is 1. The first kappa shape index (κ1) is 23.3. The van der Waals surface area contributed by atoms with E-state index in [0.717, 1.165) is 17.7 Å². The van der Waals surface area contributed by atoms with Gasteiger partial charge in [0.15, 0.2) is 11.6 Å². The topological polar surface area (TPSA) is 55.4 Å². The third kappa shape index (κ3) is 4.08. The number of hydrogen-bond donors (Lipinski definition) is 1. The molecule has 174 valence electrons. The lowest BCUT2D eigenvalue weighted by atomic mass is 9.58. The van der Waals surface area contributed by atoms with Crippen LogP contribution in [0.1, 0.15) is 30.4 Å². The first-order chi connectivity index (χ1) is 14.9. The van der Waals surface area contributed by atoms with Gasteiger partial charge < -0.3 is 4.74 Å². The maximum Gasteiger partial charge on any atom is 0.511 e. The molecule has 2 aromatic carbocycles. The van der Waals surface area contributed by atoms with Crippen LogP contribution in [0.5, 0.6) is 5.75 Å². The molecule has 0 aromatic heterocycles. The fourth-order valence-electron chi connectivity index (χ4n) is 4.88. The zero-order valence-electron chi connectivity index (χ0n) is 16.6. The number of halogens is 6. The molecule has 4 nitrogen and oxygen atoms in total. The van der Waals surface area contributed by atoms with E-state index in [0.29, 0.717) is 5.02 Å². The quantitative estimate of drug-likeness (QED) is 0.601. The van der Waals surface area contributed by atoms with Crippen LogP contribution >= 0.6 is 11.6 Å². The van der Waals surface area contributed by atoms with Crippen molar-refractivity contribution in [2.24, 2.45) is 5.92 Å². The Bertz CT molecular complexity index is 1120. The van der Waals surface area contributed by atoms with Crippen molar-refractivity contribution in [1.82, 2.24) is 4.72 Å². The number of hydrogen-bond acceptors (Lipinski definition) is 3. The Morgan fingerprint density at radius 2 is 1.75 bits per heavy atom. The Kier molecular flexibility index (Phi) is 5.92. The summed E-state index contributed by atoms with van der Waals surface area (Å²) in [5.74, 6) is -2.15. The van der Waals surface area contributed by atoms with Gasteiger partial charge in [-0.2, -0.15) is 13.2 Å². The molecule has 1 saturated carbocycles. The zero-order valence-corrected chi connectivity index (χ0v) is 18.1. The molecule has 2 aromatic rings. The third-order valence-corrected chi connectivity index (χ3v) is 7.84. The summed E-state index contributed by atoms with van der Waals surface area (Å²) >= 11 is 5.95. The maximum atomic E-state index is 15.0. The molecule has 4 rings (SSSR count). The molecule has 1 aliphatic heterocycles. The summed E-state index contributed by atoms with van der Waals surface area (Å²) in [5, 5.41) is 0.498. The van der Waals surface area contributed by atoms with Crippen molar-refractivity contribution in [1.29, 1.82) is 0 Å². The Balaban J connectivity index is 1.73. The molecule has 1 aliphatic carbocycles. The van der Waals surface area contributed by atoms with Gasteiger partial charge in [0.05, 0.1) is 6.61 Å². The molecule has 1 N–H and O–H groups in total. The summed E-state index contributed by atoms with van der Waals surface area (Å²) < 4.78 is 98.4. The van der Waals surface area contributed by atoms with Gasteiger partial charge in [0.1, 0.15) is 5.82 Å². The first-order valence-electron chi connectivity index (χ1n) is 9.87. The van der Waals surface area contributed by atoms with Gasteiger partial charge in [-0.25, -0.2) is 21.9 Å². The highest BCUT2D eigenvalue weighted by Gasteiger charge is 2.53. The number of nitrogens with one attached hydrogen (secondary N) is 1. The second-order valence-electron chi connectivity index (χ2n) is 8.24. The van der Waals surface area contributed by atoms with Crippen LogP contribution in [0.2, 0.25) is 5.02 Å². The predicted octanol–water partition coefficient (Wildman–Crippen LogP) is 5.10. The Hall–Kier alpha value is -1.91. The van der Waals surface area contributed by atoms with E-state index in [9.17, 15) is 26.0 Å². The van der Waals surface area contributed by atoms with Crippen molar-refractivity contribution in [2.75, 3.05) is 6.61 Å². The summed E-state index contributed by atoms with van der Waals surface area (Å²) in [7, 11) is -5.53. The monoisotopic (exact) mass is 495 g/mol. The number of ether oxygens (including phenoxy) is 1. The van der Waals surface area contributed by atoms with Crippen LogP contribution in [0.15, 0.2) is 36.4 Å². The molecule has 1 fully saturated rings. The average molecular weight is 496 g/mol. The number of fused-ring (bicyclic) bond motifs is 3. The van der Waals surface area contributed by atoms with Crippen molar-refractivity contribution < 1.29 is 35.1 Å². The van der Waals surface area contributed by atoms with Crippen LogP contribution in [-0.4, -0.2) is 26.6 Å². The van der Waals surface area contributed by atoms with Crippen LogP contribution in [-0.2, 0) is 21.9 Å². The molecule has 2 aliphatic rings. The van der Waals surface area contributed by atoms with Crippen molar-refractivity contribution in [3.63, 3.8) is 0 Å². The molecule has 0 unspecified atom stereocenters. The van der Waals surface area contributed by atoms with Crippen molar-refractivity contribution in [2.45, 2.75) is 42.6 Å². The van der Waals surface area contributed by atoms with Crippen molar-refractivity contribution in [3.05, 3.63) is 64.2 Å². The number of benzene rings is 2. The standard InChI is InChI=1S/C21H19ClF5NO3S/c22-14-3-1-12(2-4-14)10-20-8-7-15(28-32(29,30)21(25,26)27)9-13(20)11-31-19-17(24)6-5-16(23)18(19)20/h1-6,13,15,28H,7-11H2/t13-,15-,20+/m1/s1. The van der Waals surface area contributed by atoms with Gasteiger partial charge in [-0.1, -0.05) is 23.7 Å². The zero-order chi connectivity index (χ0) is 23.3. The van der Waals surface area contributed by atoms with E-state index in [2.05, 4.69) is 0 Å². The number of rotatable bonds is 4. The van der Waals surface area contributed by atoms with Gasteiger partial charge in [-0.05, 0) is 55.5 Å².